The minimum atomic E-state index is -0.879. The van der Waals surface area contributed by atoms with E-state index in [2.05, 4.69) is 0 Å². The van der Waals surface area contributed by atoms with Crippen molar-refractivity contribution in [2.24, 2.45) is 0 Å². The van der Waals surface area contributed by atoms with Gasteiger partial charge < -0.3 is 19.1 Å². The second-order valence-corrected chi connectivity index (χ2v) is 6.36. The Morgan fingerprint density at radius 3 is 2.61 bits per heavy atom. The van der Waals surface area contributed by atoms with Crippen LogP contribution in [0.2, 0.25) is 0 Å². The number of fused-ring (bicyclic) bond motifs is 1. The summed E-state index contributed by atoms with van der Waals surface area (Å²) in [4.78, 5) is 26.6. The number of carbonyl (C=O) groups is 2. The molecule has 0 aromatic heterocycles. The van der Waals surface area contributed by atoms with Crippen molar-refractivity contribution >= 4 is 23.6 Å². The zero-order chi connectivity index (χ0) is 20.1. The molecule has 0 N–H and O–H groups in total. The van der Waals surface area contributed by atoms with Crippen LogP contribution in [0.25, 0.3) is 6.08 Å². The van der Waals surface area contributed by atoms with Crippen molar-refractivity contribution in [3.05, 3.63) is 59.7 Å². The summed E-state index contributed by atoms with van der Waals surface area (Å²) in [6, 6.07) is 13.1. The van der Waals surface area contributed by atoms with E-state index in [1.165, 1.54) is 13.2 Å². The summed E-state index contributed by atoms with van der Waals surface area (Å²) in [6.45, 7) is 2.18. The molecular formula is C22H23NO5. The molecule has 0 saturated heterocycles. The molecule has 0 spiro atoms. The molecule has 1 aliphatic heterocycles. The number of nitrogens with zero attached hydrogens (tertiary/aromatic N) is 1. The Kier molecular flexibility index (Phi) is 5.99. The summed E-state index contributed by atoms with van der Waals surface area (Å²) in [5.41, 5.74) is 2.68. The molecule has 146 valence electrons. The number of carbonyl (C=O) groups excluding carboxylic acids is 2. The van der Waals surface area contributed by atoms with Crippen LogP contribution in [0.4, 0.5) is 5.69 Å². The minimum absolute atomic E-state index is 0.231. The van der Waals surface area contributed by atoms with E-state index in [1.807, 2.05) is 24.3 Å². The average molecular weight is 381 g/mol. The molecule has 1 unspecified atom stereocenters. The first-order valence-corrected chi connectivity index (χ1v) is 9.04. The number of hydrogen-bond acceptors (Lipinski definition) is 5. The number of amides is 1. The zero-order valence-corrected chi connectivity index (χ0v) is 16.2. The minimum Gasteiger partial charge on any atom is -0.493 e. The molecule has 6 nitrogen and oxygen atoms in total. The maximum Gasteiger partial charge on any atom is 0.331 e. The van der Waals surface area contributed by atoms with Crippen molar-refractivity contribution in [2.45, 2.75) is 19.4 Å². The van der Waals surface area contributed by atoms with Gasteiger partial charge in [-0.05, 0) is 37.1 Å². The molecule has 1 amide bonds. The Balaban J connectivity index is 1.65. The van der Waals surface area contributed by atoms with Crippen LogP contribution in [0.3, 0.4) is 0 Å². The highest BCUT2D eigenvalue weighted by Gasteiger charge is 2.29. The average Bonchev–Trinajstić information content (AvgIpc) is 3.15. The van der Waals surface area contributed by atoms with Crippen LogP contribution in [0.15, 0.2) is 48.5 Å². The summed E-state index contributed by atoms with van der Waals surface area (Å²) in [6.07, 6.45) is 2.78. The van der Waals surface area contributed by atoms with Gasteiger partial charge in [0, 0.05) is 23.9 Å². The van der Waals surface area contributed by atoms with Gasteiger partial charge in [-0.15, -0.1) is 0 Å². The van der Waals surface area contributed by atoms with Crippen LogP contribution in [0, 0.1) is 0 Å². The normalized spacial score (nSPS) is 13.9. The number of ether oxygens (including phenoxy) is 3. The number of esters is 1. The quantitative estimate of drug-likeness (QED) is 0.568. The summed E-state index contributed by atoms with van der Waals surface area (Å²) >= 11 is 0. The van der Waals surface area contributed by atoms with Crippen molar-refractivity contribution in [3.63, 3.8) is 0 Å². The van der Waals surface area contributed by atoms with Crippen LogP contribution in [-0.4, -0.2) is 38.7 Å². The predicted molar refractivity (Wildman–Crippen MR) is 107 cm³/mol. The van der Waals surface area contributed by atoms with Gasteiger partial charge in [-0.1, -0.05) is 30.3 Å². The molecule has 0 bridgehead atoms. The second-order valence-electron chi connectivity index (χ2n) is 6.36. The van der Waals surface area contributed by atoms with E-state index >= 15 is 0 Å². The molecule has 28 heavy (non-hydrogen) atoms. The third-order valence-corrected chi connectivity index (χ3v) is 4.63. The van der Waals surface area contributed by atoms with Gasteiger partial charge in [0.2, 0.25) is 0 Å². The van der Waals surface area contributed by atoms with Gasteiger partial charge in [-0.25, -0.2) is 4.79 Å². The third-order valence-electron chi connectivity index (χ3n) is 4.63. The number of rotatable bonds is 6. The summed E-state index contributed by atoms with van der Waals surface area (Å²) in [5.74, 6) is 0.255. The Morgan fingerprint density at radius 1 is 1.07 bits per heavy atom. The first-order valence-electron chi connectivity index (χ1n) is 9.04. The summed E-state index contributed by atoms with van der Waals surface area (Å²) < 4.78 is 15.9. The molecule has 0 radical (unpaired) electrons. The number of benzene rings is 2. The van der Waals surface area contributed by atoms with Gasteiger partial charge in [0.1, 0.15) is 0 Å². The molecule has 2 aromatic carbocycles. The lowest BCUT2D eigenvalue weighted by Crippen LogP contribution is -2.38. The van der Waals surface area contributed by atoms with Crippen molar-refractivity contribution < 1.29 is 23.8 Å². The van der Waals surface area contributed by atoms with E-state index < -0.39 is 12.1 Å². The van der Waals surface area contributed by atoms with Crippen LogP contribution >= 0.6 is 0 Å². The largest absolute Gasteiger partial charge is 0.493 e. The fourth-order valence-electron chi connectivity index (χ4n) is 3.25. The fourth-order valence-corrected chi connectivity index (χ4v) is 3.25. The molecule has 0 fully saturated rings. The zero-order valence-electron chi connectivity index (χ0n) is 16.2. The van der Waals surface area contributed by atoms with Gasteiger partial charge >= 0.3 is 5.97 Å². The molecule has 1 atom stereocenters. The monoisotopic (exact) mass is 381 g/mol. The SMILES string of the molecule is COc1cccc(/C=C/C(=O)OC(C)C(=O)N2CCc3ccccc32)c1OC. The van der Waals surface area contributed by atoms with E-state index in [9.17, 15) is 9.59 Å². The van der Waals surface area contributed by atoms with Crippen molar-refractivity contribution in [2.75, 3.05) is 25.7 Å². The second kappa shape index (κ2) is 8.61. The Morgan fingerprint density at radius 2 is 1.86 bits per heavy atom. The van der Waals surface area contributed by atoms with E-state index in [0.717, 1.165) is 17.7 Å². The fraction of sp³-hybridized carbons (Fsp3) is 0.273. The molecular weight excluding hydrogens is 358 g/mol. The Labute approximate surface area is 164 Å². The standard InChI is InChI=1S/C22H23NO5/c1-15(22(25)23-14-13-16-7-4-5-9-18(16)23)28-20(24)12-11-17-8-6-10-19(26-2)21(17)27-3/h4-12,15H,13-14H2,1-3H3/b12-11+. The van der Waals surface area contributed by atoms with Crippen molar-refractivity contribution in [1.29, 1.82) is 0 Å². The third kappa shape index (κ3) is 4.01. The predicted octanol–water partition coefficient (Wildman–Crippen LogP) is 3.24. The van der Waals surface area contributed by atoms with Gasteiger partial charge in [0.05, 0.1) is 14.2 Å². The summed E-state index contributed by atoms with van der Waals surface area (Å²) in [7, 11) is 3.07. The van der Waals surface area contributed by atoms with Gasteiger partial charge in [0.15, 0.2) is 17.6 Å². The van der Waals surface area contributed by atoms with E-state index in [1.54, 1.807) is 43.2 Å². The molecule has 0 aliphatic carbocycles. The lowest BCUT2D eigenvalue weighted by atomic mass is 10.1. The number of hydrogen-bond donors (Lipinski definition) is 0. The molecule has 1 heterocycles. The summed E-state index contributed by atoms with van der Waals surface area (Å²) in [5, 5.41) is 0. The van der Waals surface area contributed by atoms with E-state index in [-0.39, 0.29) is 5.91 Å². The van der Waals surface area contributed by atoms with Gasteiger partial charge in [-0.2, -0.15) is 0 Å². The highest BCUT2D eigenvalue weighted by molar-refractivity contribution is 6.00. The number of para-hydroxylation sites is 2. The molecule has 0 saturated carbocycles. The topological polar surface area (TPSA) is 65.1 Å². The maximum absolute atomic E-state index is 12.7. The molecule has 2 aromatic rings. The van der Waals surface area contributed by atoms with Crippen LogP contribution < -0.4 is 14.4 Å². The maximum atomic E-state index is 12.7. The lowest BCUT2D eigenvalue weighted by Gasteiger charge is -2.21. The molecule has 1 aliphatic rings. The van der Waals surface area contributed by atoms with Crippen molar-refractivity contribution in [1.82, 2.24) is 0 Å². The molecule has 6 heteroatoms. The van der Waals surface area contributed by atoms with Crippen LogP contribution in [0.1, 0.15) is 18.1 Å². The van der Waals surface area contributed by atoms with Crippen LogP contribution in [0.5, 0.6) is 11.5 Å². The first-order chi connectivity index (χ1) is 13.5. The lowest BCUT2D eigenvalue weighted by molar-refractivity contribution is -0.149. The van der Waals surface area contributed by atoms with Gasteiger partial charge in [0.25, 0.3) is 5.91 Å². The number of anilines is 1. The smallest absolute Gasteiger partial charge is 0.331 e. The van der Waals surface area contributed by atoms with Crippen LogP contribution in [-0.2, 0) is 20.7 Å². The first kappa shape index (κ1) is 19.5. The number of methoxy groups -OCH3 is 2. The molecule has 3 rings (SSSR count). The van der Waals surface area contributed by atoms with Crippen molar-refractivity contribution in [3.8, 4) is 11.5 Å². The Bertz CT molecular complexity index is 906. The van der Waals surface area contributed by atoms with Gasteiger partial charge in [-0.3, -0.25) is 4.79 Å². The Hall–Kier alpha value is -3.28. The van der Waals surface area contributed by atoms with E-state index in [0.29, 0.717) is 23.6 Å². The highest BCUT2D eigenvalue weighted by Crippen LogP contribution is 2.31. The highest BCUT2D eigenvalue weighted by atomic mass is 16.5. The van der Waals surface area contributed by atoms with E-state index in [4.69, 9.17) is 14.2 Å².